The summed E-state index contributed by atoms with van der Waals surface area (Å²) >= 11 is 1.71. The molecular weight excluding hydrogens is 430 g/mol. The van der Waals surface area contributed by atoms with Crippen molar-refractivity contribution < 1.29 is 29.0 Å². The first-order chi connectivity index (χ1) is 15.5. The van der Waals surface area contributed by atoms with Crippen LogP contribution in [0.15, 0.2) is 30.3 Å². The van der Waals surface area contributed by atoms with Gasteiger partial charge in [0, 0.05) is 18.1 Å². The molecule has 0 radical (unpaired) electrons. The minimum atomic E-state index is -0.261. The number of rotatable bonds is 9. The van der Waals surface area contributed by atoms with Gasteiger partial charge < -0.3 is 19.5 Å². The van der Waals surface area contributed by atoms with Crippen LogP contribution in [0.5, 0.6) is 17.2 Å². The molecule has 0 aromatic heterocycles. The fourth-order valence-electron chi connectivity index (χ4n) is 3.76. The molecule has 2 aromatic carbocycles. The highest BCUT2D eigenvalue weighted by Crippen LogP contribution is 2.29. The van der Waals surface area contributed by atoms with E-state index in [0.717, 1.165) is 24.2 Å². The summed E-state index contributed by atoms with van der Waals surface area (Å²) in [6.07, 6.45) is 2.88. The van der Waals surface area contributed by atoms with Crippen LogP contribution < -0.4 is 9.47 Å². The lowest BCUT2D eigenvalue weighted by Gasteiger charge is -2.35. The SMILES string of the molecule is CCCc1cc(OC)c(C=O)c(C(=O)N2CCSCC2COc2cccc(O)c2C=O)c1. The molecule has 0 saturated carbocycles. The number of ether oxygens (including phenoxy) is 2. The molecule has 1 aliphatic rings. The van der Waals surface area contributed by atoms with Crippen LogP contribution in [0.3, 0.4) is 0 Å². The number of hydrogen-bond acceptors (Lipinski definition) is 7. The number of phenolic OH excluding ortho intramolecular Hbond substituents is 1. The average molecular weight is 458 g/mol. The van der Waals surface area contributed by atoms with Crippen molar-refractivity contribution in [2.75, 3.05) is 31.8 Å². The number of aryl methyl sites for hydroxylation is 1. The predicted octanol–water partition coefficient (Wildman–Crippen LogP) is 3.61. The van der Waals surface area contributed by atoms with Crippen LogP contribution in [0.4, 0.5) is 0 Å². The Morgan fingerprint density at radius 2 is 2.00 bits per heavy atom. The Morgan fingerprint density at radius 3 is 2.69 bits per heavy atom. The lowest BCUT2D eigenvalue weighted by molar-refractivity contribution is 0.0644. The number of phenols is 1. The van der Waals surface area contributed by atoms with E-state index >= 15 is 0 Å². The van der Waals surface area contributed by atoms with Gasteiger partial charge in [-0.2, -0.15) is 11.8 Å². The van der Waals surface area contributed by atoms with Crippen LogP contribution in [0.1, 0.15) is 50.0 Å². The number of methoxy groups -OCH3 is 1. The largest absolute Gasteiger partial charge is 0.507 e. The monoisotopic (exact) mass is 457 g/mol. The molecule has 3 rings (SSSR count). The van der Waals surface area contributed by atoms with Crippen molar-refractivity contribution in [3.8, 4) is 17.2 Å². The third-order valence-electron chi connectivity index (χ3n) is 5.39. The molecule has 1 aliphatic heterocycles. The molecule has 8 heteroatoms. The third kappa shape index (κ3) is 5.07. The number of nitrogens with zero attached hydrogens (tertiary/aromatic N) is 1. The highest BCUT2D eigenvalue weighted by Gasteiger charge is 2.31. The molecule has 1 N–H and O–H groups in total. The van der Waals surface area contributed by atoms with Crippen molar-refractivity contribution >= 4 is 30.2 Å². The fraction of sp³-hybridized carbons (Fsp3) is 0.375. The predicted molar refractivity (Wildman–Crippen MR) is 124 cm³/mol. The summed E-state index contributed by atoms with van der Waals surface area (Å²) in [5.41, 5.74) is 1.58. The molecule has 170 valence electrons. The van der Waals surface area contributed by atoms with Crippen molar-refractivity contribution in [3.63, 3.8) is 0 Å². The third-order valence-corrected chi connectivity index (χ3v) is 6.48. The van der Waals surface area contributed by atoms with E-state index in [1.54, 1.807) is 40.9 Å². The zero-order valence-corrected chi connectivity index (χ0v) is 19.0. The van der Waals surface area contributed by atoms with E-state index in [2.05, 4.69) is 0 Å². The number of thioether (sulfide) groups is 1. The maximum absolute atomic E-state index is 13.6. The second kappa shape index (κ2) is 11.0. The number of aldehydes is 2. The van der Waals surface area contributed by atoms with Gasteiger partial charge in [-0.05, 0) is 36.2 Å². The van der Waals surface area contributed by atoms with Crippen LogP contribution in [0.2, 0.25) is 0 Å². The zero-order chi connectivity index (χ0) is 23.1. The first kappa shape index (κ1) is 23.7. The lowest BCUT2D eigenvalue weighted by atomic mass is 9.99. The van der Waals surface area contributed by atoms with Crippen molar-refractivity contribution in [1.82, 2.24) is 4.90 Å². The normalized spacial score (nSPS) is 15.8. The Labute approximate surface area is 191 Å². The van der Waals surface area contributed by atoms with Crippen LogP contribution in [0.25, 0.3) is 0 Å². The Kier molecular flexibility index (Phi) is 8.16. The average Bonchev–Trinajstić information content (AvgIpc) is 2.82. The molecule has 7 nitrogen and oxygen atoms in total. The van der Waals surface area contributed by atoms with Gasteiger partial charge in [0.1, 0.15) is 23.9 Å². The zero-order valence-electron chi connectivity index (χ0n) is 18.2. The summed E-state index contributed by atoms with van der Waals surface area (Å²) < 4.78 is 11.2. The summed E-state index contributed by atoms with van der Waals surface area (Å²) in [6.45, 7) is 2.72. The fourth-order valence-corrected chi connectivity index (χ4v) is 4.80. The number of amides is 1. The highest BCUT2D eigenvalue weighted by molar-refractivity contribution is 7.99. The molecule has 1 fully saturated rings. The summed E-state index contributed by atoms with van der Waals surface area (Å²) in [4.78, 5) is 38.4. The lowest BCUT2D eigenvalue weighted by Crippen LogP contribution is -2.49. The Hall–Kier alpha value is -3.00. The van der Waals surface area contributed by atoms with E-state index in [0.29, 0.717) is 36.2 Å². The number of benzene rings is 2. The number of hydrogen-bond donors (Lipinski definition) is 1. The van der Waals surface area contributed by atoms with Gasteiger partial charge in [0.05, 0.1) is 29.8 Å². The van der Waals surface area contributed by atoms with Gasteiger partial charge in [-0.3, -0.25) is 14.4 Å². The van der Waals surface area contributed by atoms with E-state index in [-0.39, 0.29) is 41.2 Å². The first-order valence-electron chi connectivity index (χ1n) is 10.5. The first-order valence-corrected chi connectivity index (χ1v) is 11.6. The van der Waals surface area contributed by atoms with Gasteiger partial charge in [-0.15, -0.1) is 0 Å². The van der Waals surface area contributed by atoms with Crippen LogP contribution >= 0.6 is 11.8 Å². The van der Waals surface area contributed by atoms with Gasteiger partial charge in [0.25, 0.3) is 5.91 Å². The molecule has 2 aromatic rings. The summed E-state index contributed by atoms with van der Waals surface area (Å²) in [7, 11) is 1.49. The van der Waals surface area contributed by atoms with Gasteiger partial charge in [-0.1, -0.05) is 19.4 Å². The number of carbonyl (C=O) groups excluding carboxylic acids is 3. The molecule has 32 heavy (non-hydrogen) atoms. The molecule has 0 bridgehead atoms. The van der Waals surface area contributed by atoms with E-state index in [1.165, 1.54) is 13.2 Å². The summed E-state index contributed by atoms with van der Waals surface area (Å²) in [5, 5.41) is 9.87. The Bertz CT molecular complexity index is 993. The maximum Gasteiger partial charge on any atom is 0.255 e. The van der Waals surface area contributed by atoms with E-state index in [1.807, 2.05) is 6.92 Å². The number of aromatic hydroxyl groups is 1. The minimum absolute atomic E-state index is 0.0779. The second-order valence-electron chi connectivity index (χ2n) is 7.47. The van der Waals surface area contributed by atoms with Crippen molar-refractivity contribution in [1.29, 1.82) is 0 Å². The minimum Gasteiger partial charge on any atom is -0.507 e. The van der Waals surface area contributed by atoms with Crippen LogP contribution in [-0.4, -0.2) is 66.3 Å². The smallest absolute Gasteiger partial charge is 0.255 e. The number of carbonyl (C=O) groups is 3. The van der Waals surface area contributed by atoms with E-state index < -0.39 is 0 Å². The summed E-state index contributed by atoms with van der Waals surface area (Å²) in [6, 6.07) is 7.94. The summed E-state index contributed by atoms with van der Waals surface area (Å²) in [5.74, 6) is 1.69. The van der Waals surface area contributed by atoms with Crippen molar-refractivity contribution in [2.45, 2.75) is 25.8 Å². The van der Waals surface area contributed by atoms with Crippen molar-refractivity contribution in [2.24, 2.45) is 0 Å². The molecule has 0 spiro atoms. The topological polar surface area (TPSA) is 93.1 Å². The molecular formula is C24H27NO6S. The molecule has 1 atom stereocenters. The quantitative estimate of drug-likeness (QED) is 0.575. The van der Waals surface area contributed by atoms with E-state index in [4.69, 9.17) is 9.47 Å². The van der Waals surface area contributed by atoms with Gasteiger partial charge >= 0.3 is 0 Å². The Balaban J connectivity index is 1.88. The maximum atomic E-state index is 13.6. The molecule has 1 saturated heterocycles. The van der Waals surface area contributed by atoms with Crippen LogP contribution in [-0.2, 0) is 6.42 Å². The van der Waals surface area contributed by atoms with E-state index in [9.17, 15) is 19.5 Å². The Morgan fingerprint density at radius 1 is 1.22 bits per heavy atom. The molecule has 1 heterocycles. The second-order valence-corrected chi connectivity index (χ2v) is 8.62. The van der Waals surface area contributed by atoms with Crippen LogP contribution in [0, 0.1) is 0 Å². The molecule has 1 unspecified atom stereocenters. The standard InChI is InChI=1S/C24H27NO6S/c1-3-5-16-10-18(19(12-26)23(11-16)30-2)24(29)25-8-9-32-15-17(25)14-31-22-7-4-6-21(28)20(22)13-27/h4,6-7,10-13,17,28H,3,5,8-9,14-15H2,1-2H3. The van der Waals surface area contributed by atoms with Gasteiger partial charge in [0.2, 0.25) is 0 Å². The van der Waals surface area contributed by atoms with Gasteiger partial charge in [0.15, 0.2) is 12.6 Å². The van der Waals surface area contributed by atoms with Crippen molar-refractivity contribution in [3.05, 3.63) is 52.6 Å². The molecule has 0 aliphatic carbocycles. The highest BCUT2D eigenvalue weighted by atomic mass is 32.2. The molecule has 1 amide bonds. The van der Waals surface area contributed by atoms with Gasteiger partial charge in [-0.25, -0.2) is 0 Å².